The molecule has 1 heterocycles. The monoisotopic (exact) mass is 179 g/mol. The fraction of sp³-hybridized carbons (Fsp3) is 0.700. The third kappa shape index (κ3) is 1.69. The summed E-state index contributed by atoms with van der Waals surface area (Å²) in [7, 11) is 0. The number of rotatable bonds is 4. The number of imidazole rings is 1. The highest BCUT2D eigenvalue weighted by Crippen LogP contribution is 2.33. The molecule has 0 atom stereocenters. The molecule has 0 amide bonds. The van der Waals surface area contributed by atoms with E-state index in [1.54, 1.807) is 0 Å². The van der Waals surface area contributed by atoms with Gasteiger partial charge >= 0.3 is 0 Å². The van der Waals surface area contributed by atoms with Gasteiger partial charge in [-0.15, -0.1) is 0 Å². The molecule has 1 N–H and O–H groups in total. The highest BCUT2D eigenvalue weighted by molar-refractivity contribution is 5.26. The molecule has 0 radical (unpaired) electrons. The van der Waals surface area contributed by atoms with Crippen molar-refractivity contribution in [2.45, 2.75) is 38.6 Å². The number of aromatic nitrogens is 2. The van der Waals surface area contributed by atoms with E-state index < -0.39 is 0 Å². The first-order valence-corrected chi connectivity index (χ1v) is 5.18. The van der Waals surface area contributed by atoms with Gasteiger partial charge in [0.1, 0.15) is 0 Å². The molecular weight excluding hydrogens is 162 g/mol. The molecule has 0 spiro atoms. The van der Waals surface area contributed by atoms with E-state index in [2.05, 4.69) is 28.0 Å². The van der Waals surface area contributed by atoms with Crippen LogP contribution in [0.1, 0.15) is 38.6 Å². The van der Waals surface area contributed by atoms with Crippen molar-refractivity contribution in [3.63, 3.8) is 0 Å². The second kappa shape index (κ2) is 3.81. The maximum absolute atomic E-state index is 4.31. The molecule has 13 heavy (non-hydrogen) atoms. The van der Waals surface area contributed by atoms with Crippen molar-refractivity contribution in [1.82, 2.24) is 9.55 Å². The molecule has 72 valence electrons. The minimum atomic E-state index is 0.710. The SMILES string of the molecule is CCCNc1nccn1C1CCC1. The molecule has 0 aliphatic heterocycles. The zero-order valence-electron chi connectivity index (χ0n) is 8.16. The Morgan fingerprint density at radius 3 is 3.08 bits per heavy atom. The number of hydrogen-bond donors (Lipinski definition) is 1. The van der Waals surface area contributed by atoms with E-state index in [9.17, 15) is 0 Å². The summed E-state index contributed by atoms with van der Waals surface area (Å²) in [4.78, 5) is 4.31. The Bertz CT molecular complexity index is 263. The quantitative estimate of drug-likeness (QED) is 0.769. The predicted octanol–water partition coefficient (Wildman–Crippen LogP) is 2.43. The lowest BCUT2D eigenvalue weighted by Crippen LogP contribution is -2.19. The van der Waals surface area contributed by atoms with Gasteiger partial charge in [0.25, 0.3) is 0 Å². The first-order chi connectivity index (χ1) is 6.42. The van der Waals surface area contributed by atoms with E-state index in [0.717, 1.165) is 18.9 Å². The van der Waals surface area contributed by atoms with Crippen molar-refractivity contribution in [2.24, 2.45) is 0 Å². The molecule has 0 unspecified atom stereocenters. The number of nitrogens with one attached hydrogen (secondary N) is 1. The van der Waals surface area contributed by atoms with Crippen LogP contribution in [0.25, 0.3) is 0 Å². The minimum absolute atomic E-state index is 0.710. The highest BCUT2D eigenvalue weighted by atomic mass is 15.2. The summed E-state index contributed by atoms with van der Waals surface area (Å²) in [5.41, 5.74) is 0. The summed E-state index contributed by atoms with van der Waals surface area (Å²) >= 11 is 0. The first-order valence-electron chi connectivity index (χ1n) is 5.18. The second-order valence-corrected chi connectivity index (χ2v) is 3.67. The lowest BCUT2D eigenvalue weighted by molar-refractivity contribution is 0.316. The first kappa shape index (κ1) is 8.60. The van der Waals surface area contributed by atoms with Crippen LogP contribution in [0.4, 0.5) is 5.95 Å². The zero-order chi connectivity index (χ0) is 9.10. The number of anilines is 1. The van der Waals surface area contributed by atoms with Gasteiger partial charge in [0, 0.05) is 25.0 Å². The fourth-order valence-corrected chi connectivity index (χ4v) is 1.65. The van der Waals surface area contributed by atoms with Crippen molar-refractivity contribution in [2.75, 3.05) is 11.9 Å². The van der Waals surface area contributed by atoms with E-state index in [1.807, 2.05) is 6.20 Å². The van der Waals surface area contributed by atoms with E-state index in [0.29, 0.717) is 6.04 Å². The van der Waals surface area contributed by atoms with Crippen LogP contribution in [-0.2, 0) is 0 Å². The molecule has 1 aromatic heterocycles. The van der Waals surface area contributed by atoms with E-state index in [4.69, 9.17) is 0 Å². The standard InChI is InChI=1S/C10H17N3/c1-2-6-11-10-12-7-8-13(10)9-4-3-5-9/h7-9H,2-6H2,1H3,(H,11,12). The minimum Gasteiger partial charge on any atom is -0.356 e. The van der Waals surface area contributed by atoms with Gasteiger partial charge in [-0.05, 0) is 25.7 Å². The Morgan fingerprint density at radius 1 is 1.62 bits per heavy atom. The van der Waals surface area contributed by atoms with Crippen molar-refractivity contribution in [1.29, 1.82) is 0 Å². The molecular formula is C10H17N3. The third-order valence-electron chi connectivity index (χ3n) is 2.67. The van der Waals surface area contributed by atoms with Crippen LogP contribution in [-0.4, -0.2) is 16.1 Å². The van der Waals surface area contributed by atoms with Crippen LogP contribution in [0.15, 0.2) is 12.4 Å². The molecule has 0 aromatic carbocycles. The van der Waals surface area contributed by atoms with Crippen LogP contribution in [0.2, 0.25) is 0 Å². The smallest absolute Gasteiger partial charge is 0.203 e. The maximum Gasteiger partial charge on any atom is 0.203 e. The second-order valence-electron chi connectivity index (χ2n) is 3.67. The van der Waals surface area contributed by atoms with E-state index >= 15 is 0 Å². The van der Waals surface area contributed by atoms with Gasteiger partial charge in [-0.3, -0.25) is 0 Å². The lowest BCUT2D eigenvalue weighted by Gasteiger charge is -2.28. The number of hydrogen-bond acceptors (Lipinski definition) is 2. The summed E-state index contributed by atoms with van der Waals surface area (Å²) in [6.07, 6.45) is 9.13. The van der Waals surface area contributed by atoms with Gasteiger partial charge in [-0.2, -0.15) is 0 Å². The molecule has 1 aromatic rings. The summed E-state index contributed by atoms with van der Waals surface area (Å²) in [6, 6.07) is 0.710. The van der Waals surface area contributed by atoms with Crippen LogP contribution in [0.5, 0.6) is 0 Å². The lowest BCUT2D eigenvalue weighted by atomic mass is 9.93. The highest BCUT2D eigenvalue weighted by Gasteiger charge is 2.20. The molecule has 2 rings (SSSR count). The molecule has 3 heteroatoms. The summed E-state index contributed by atoms with van der Waals surface area (Å²) in [5.74, 6) is 1.05. The molecule has 1 fully saturated rings. The van der Waals surface area contributed by atoms with Gasteiger partial charge in [-0.25, -0.2) is 4.98 Å². The van der Waals surface area contributed by atoms with Gasteiger partial charge < -0.3 is 9.88 Å². The van der Waals surface area contributed by atoms with Gasteiger partial charge in [-0.1, -0.05) is 6.92 Å². The Morgan fingerprint density at radius 2 is 2.46 bits per heavy atom. The van der Waals surface area contributed by atoms with Crippen LogP contribution >= 0.6 is 0 Å². The predicted molar refractivity (Wildman–Crippen MR) is 53.9 cm³/mol. The summed E-state index contributed by atoms with van der Waals surface area (Å²) in [5, 5.41) is 3.34. The van der Waals surface area contributed by atoms with Gasteiger partial charge in [0.15, 0.2) is 0 Å². The van der Waals surface area contributed by atoms with Gasteiger partial charge in [0.05, 0.1) is 0 Å². The van der Waals surface area contributed by atoms with Crippen LogP contribution in [0.3, 0.4) is 0 Å². The summed E-state index contributed by atoms with van der Waals surface area (Å²) < 4.78 is 2.28. The van der Waals surface area contributed by atoms with Gasteiger partial charge in [0.2, 0.25) is 5.95 Å². The normalized spacial score (nSPS) is 17.0. The molecule has 0 bridgehead atoms. The van der Waals surface area contributed by atoms with E-state index in [-0.39, 0.29) is 0 Å². The average Bonchev–Trinajstić information content (AvgIpc) is 2.46. The molecule has 0 saturated heterocycles. The number of nitrogens with zero attached hydrogens (tertiary/aromatic N) is 2. The van der Waals surface area contributed by atoms with Crippen LogP contribution < -0.4 is 5.32 Å². The topological polar surface area (TPSA) is 29.9 Å². The summed E-state index contributed by atoms with van der Waals surface area (Å²) in [6.45, 7) is 3.19. The Balaban J connectivity index is 2.02. The Labute approximate surface area is 79.2 Å². The molecule has 1 saturated carbocycles. The molecule has 3 nitrogen and oxygen atoms in total. The largest absolute Gasteiger partial charge is 0.356 e. The van der Waals surface area contributed by atoms with Crippen molar-refractivity contribution < 1.29 is 0 Å². The van der Waals surface area contributed by atoms with Crippen molar-refractivity contribution >= 4 is 5.95 Å². The Kier molecular flexibility index (Phi) is 2.52. The van der Waals surface area contributed by atoms with Crippen molar-refractivity contribution in [3.05, 3.63) is 12.4 Å². The average molecular weight is 179 g/mol. The Hall–Kier alpha value is -0.990. The molecule has 1 aliphatic carbocycles. The fourth-order valence-electron chi connectivity index (χ4n) is 1.65. The van der Waals surface area contributed by atoms with Crippen molar-refractivity contribution in [3.8, 4) is 0 Å². The van der Waals surface area contributed by atoms with E-state index in [1.165, 1.54) is 19.3 Å². The maximum atomic E-state index is 4.31. The third-order valence-corrected chi connectivity index (χ3v) is 2.67. The zero-order valence-corrected chi connectivity index (χ0v) is 8.16. The molecule has 1 aliphatic rings. The van der Waals surface area contributed by atoms with Crippen LogP contribution in [0, 0.1) is 0 Å².